The zero-order valence-electron chi connectivity index (χ0n) is 15.8. The molecule has 1 amide bonds. The van der Waals surface area contributed by atoms with Crippen molar-refractivity contribution in [2.75, 3.05) is 12.9 Å². The number of ether oxygens (including phenoxy) is 1. The minimum absolute atomic E-state index is 0.0291. The van der Waals surface area contributed by atoms with Gasteiger partial charge in [0.1, 0.15) is 5.82 Å². The van der Waals surface area contributed by atoms with E-state index >= 15 is 0 Å². The first-order valence-electron chi connectivity index (χ1n) is 9.20. The Hall–Kier alpha value is -1.45. The van der Waals surface area contributed by atoms with Crippen LogP contribution in [0.3, 0.4) is 0 Å². The van der Waals surface area contributed by atoms with Crippen molar-refractivity contribution in [2.45, 2.75) is 64.8 Å². The lowest BCUT2D eigenvalue weighted by atomic mass is 9.83. The van der Waals surface area contributed by atoms with Gasteiger partial charge in [0, 0.05) is 37.5 Å². The highest BCUT2D eigenvalue weighted by Gasteiger charge is 2.35. The van der Waals surface area contributed by atoms with Gasteiger partial charge in [0.25, 0.3) is 0 Å². The lowest BCUT2D eigenvalue weighted by molar-refractivity contribution is -0.128. The monoisotopic (exact) mass is 386 g/mol. The number of nitrogens with one attached hydrogen (secondary N) is 2. The third kappa shape index (κ3) is 6.07. The van der Waals surface area contributed by atoms with Gasteiger partial charge in [0.2, 0.25) is 15.9 Å². The second kappa shape index (κ2) is 9.48. The topological polar surface area (TPSA) is 102 Å². The smallest absolute Gasteiger partial charge is 0.223 e. The molecule has 1 aliphatic carbocycles. The molecule has 2 N–H and O–H groups in total. The van der Waals surface area contributed by atoms with Gasteiger partial charge >= 0.3 is 0 Å². The predicted molar refractivity (Wildman–Crippen MR) is 98.9 cm³/mol. The van der Waals surface area contributed by atoms with Gasteiger partial charge < -0.3 is 14.6 Å². The SMILES string of the molecule is CCCO[C@@H]1C[C@@H](C(=O)NCc2nccn2CC)CC[C@H]1NS(C)(=O)=O. The maximum Gasteiger partial charge on any atom is 0.223 e. The third-order valence-corrected chi connectivity index (χ3v) is 5.36. The maximum atomic E-state index is 12.6. The van der Waals surface area contributed by atoms with E-state index in [1.54, 1.807) is 6.20 Å². The van der Waals surface area contributed by atoms with E-state index in [1.165, 1.54) is 0 Å². The summed E-state index contributed by atoms with van der Waals surface area (Å²) >= 11 is 0. The molecule has 9 heteroatoms. The van der Waals surface area contributed by atoms with Gasteiger partial charge in [0.15, 0.2) is 0 Å². The number of hydrogen-bond donors (Lipinski definition) is 2. The molecule has 1 aliphatic rings. The van der Waals surface area contributed by atoms with E-state index in [1.807, 2.05) is 24.6 Å². The molecule has 0 spiro atoms. The molecule has 0 bridgehead atoms. The maximum absolute atomic E-state index is 12.6. The minimum atomic E-state index is -3.31. The summed E-state index contributed by atoms with van der Waals surface area (Å²) in [7, 11) is -3.31. The van der Waals surface area contributed by atoms with Crippen LogP contribution in [-0.2, 0) is 32.6 Å². The fourth-order valence-electron chi connectivity index (χ4n) is 3.34. The van der Waals surface area contributed by atoms with Crippen LogP contribution in [0.25, 0.3) is 0 Å². The largest absolute Gasteiger partial charge is 0.377 e. The number of carbonyl (C=O) groups is 1. The first-order chi connectivity index (χ1) is 12.3. The predicted octanol–water partition coefficient (Wildman–Crippen LogP) is 1.03. The highest BCUT2D eigenvalue weighted by atomic mass is 32.2. The summed E-state index contributed by atoms with van der Waals surface area (Å²) < 4.78 is 33.6. The van der Waals surface area contributed by atoms with Crippen LogP contribution in [-0.4, -0.2) is 48.9 Å². The van der Waals surface area contributed by atoms with Crippen LogP contribution in [0.5, 0.6) is 0 Å². The van der Waals surface area contributed by atoms with E-state index < -0.39 is 10.0 Å². The van der Waals surface area contributed by atoms with Crippen molar-refractivity contribution in [1.29, 1.82) is 0 Å². The highest BCUT2D eigenvalue weighted by molar-refractivity contribution is 7.88. The molecule has 0 saturated heterocycles. The Balaban J connectivity index is 1.94. The van der Waals surface area contributed by atoms with Crippen molar-refractivity contribution in [3.05, 3.63) is 18.2 Å². The fourth-order valence-corrected chi connectivity index (χ4v) is 4.16. The van der Waals surface area contributed by atoms with Crippen molar-refractivity contribution in [2.24, 2.45) is 5.92 Å². The van der Waals surface area contributed by atoms with Crippen LogP contribution in [0.4, 0.5) is 0 Å². The summed E-state index contributed by atoms with van der Waals surface area (Å²) in [5, 5.41) is 2.95. The molecule has 148 valence electrons. The fraction of sp³-hybridized carbons (Fsp3) is 0.765. The second-order valence-electron chi connectivity index (χ2n) is 6.76. The van der Waals surface area contributed by atoms with Crippen LogP contribution in [0.1, 0.15) is 45.4 Å². The summed E-state index contributed by atoms with van der Waals surface area (Å²) in [6.45, 7) is 5.78. The molecule has 1 saturated carbocycles. The quantitative estimate of drug-likeness (QED) is 0.660. The van der Waals surface area contributed by atoms with Gasteiger partial charge in [-0.3, -0.25) is 4.79 Å². The molecule has 1 aromatic heterocycles. The number of carbonyl (C=O) groups excluding carboxylic acids is 1. The Morgan fingerprint density at radius 3 is 2.81 bits per heavy atom. The Morgan fingerprint density at radius 2 is 2.15 bits per heavy atom. The van der Waals surface area contributed by atoms with Crippen LogP contribution in [0.15, 0.2) is 12.4 Å². The zero-order chi connectivity index (χ0) is 19.2. The Kier molecular flexibility index (Phi) is 7.60. The van der Waals surface area contributed by atoms with E-state index in [4.69, 9.17) is 4.74 Å². The van der Waals surface area contributed by atoms with E-state index in [0.29, 0.717) is 32.4 Å². The normalized spacial score (nSPS) is 23.7. The first-order valence-corrected chi connectivity index (χ1v) is 11.1. The van der Waals surface area contributed by atoms with E-state index in [-0.39, 0.29) is 24.0 Å². The number of nitrogens with zero attached hydrogens (tertiary/aromatic N) is 2. The molecule has 26 heavy (non-hydrogen) atoms. The van der Waals surface area contributed by atoms with Gasteiger partial charge in [-0.1, -0.05) is 6.92 Å². The number of amides is 1. The minimum Gasteiger partial charge on any atom is -0.377 e. The number of hydrogen-bond acceptors (Lipinski definition) is 5. The van der Waals surface area contributed by atoms with Crippen molar-refractivity contribution in [3.8, 4) is 0 Å². The van der Waals surface area contributed by atoms with Gasteiger partial charge in [-0.15, -0.1) is 0 Å². The highest BCUT2D eigenvalue weighted by Crippen LogP contribution is 2.28. The number of aromatic nitrogens is 2. The van der Waals surface area contributed by atoms with E-state index in [0.717, 1.165) is 25.0 Å². The molecular formula is C17H30N4O4S. The van der Waals surface area contributed by atoms with Crippen LogP contribution < -0.4 is 10.0 Å². The second-order valence-corrected chi connectivity index (χ2v) is 8.54. The van der Waals surface area contributed by atoms with Crippen molar-refractivity contribution >= 4 is 15.9 Å². The molecule has 0 aromatic carbocycles. The molecule has 8 nitrogen and oxygen atoms in total. The number of imidazole rings is 1. The van der Waals surface area contributed by atoms with Crippen molar-refractivity contribution < 1.29 is 17.9 Å². The van der Waals surface area contributed by atoms with Crippen LogP contribution in [0, 0.1) is 5.92 Å². The van der Waals surface area contributed by atoms with Crippen LogP contribution >= 0.6 is 0 Å². The van der Waals surface area contributed by atoms with Gasteiger partial charge in [-0.25, -0.2) is 18.1 Å². The van der Waals surface area contributed by atoms with E-state index in [2.05, 4.69) is 15.0 Å². The summed E-state index contributed by atoms with van der Waals surface area (Å²) in [6, 6.07) is -0.278. The van der Waals surface area contributed by atoms with Crippen molar-refractivity contribution in [3.63, 3.8) is 0 Å². The molecule has 2 rings (SSSR count). The lowest BCUT2D eigenvalue weighted by Gasteiger charge is -2.35. The number of aryl methyl sites for hydroxylation is 1. The molecule has 0 aliphatic heterocycles. The van der Waals surface area contributed by atoms with Crippen molar-refractivity contribution in [1.82, 2.24) is 19.6 Å². The number of rotatable bonds is 9. The molecule has 0 unspecified atom stereocenters. The summed E-state index contributed by atoms with van der Waals surface area (Å²) in [5.74, 6) is 0.616. The number of sulfonamides is 1. The molecular weight excluding hydrogens is 356 g/mol. The standard InChI is InChI=1S/C17H30N4O4S/c1-4-10-25-15-11-13(6-7-14(15)20-26(3,23)24)17(22)19-12-16-18-8-9-21(16)5-2/h8-9,13-15,20H,4-7,10-12H2,1-3H3,(H,19,22)/t13-,14+,15+/m0/s1. The van der Waals surface area contributed by atoms with E-state index in [9.17, 15) is 13.2 Å². The Labute approximate surface area is 155 Å². The Bertz CT molecular complexity index is 689. The molecule has 1 heterocycles. The third-order valence-electron chi connectivity index (χ3n) is 4.63. The average molecular weight is 387 g/mol. The average Bonchev–Trinajstić information content (AvgIpc) is 3.05. The first kappa shape index (κ1) is 20.9. The molecule has 1 aromatic rings. The van der Waals surface area contributed by atoms with Gasteiger partial charge in [-0.2, -0.15) is 0 Å². The zero-order valence-corrected chi connectivity index (χ0v) is 16.6. The summed E-state index contributed by atoms with van der Waals surface area (Å²) in [5.41, 5.74) is 0. The molecule has 0 radical (unpaired) electrons. The molecule has 3 atom stereocenters. The Morgan fingerprint density at radius 1 is 1.38 bits per heavy atom. The lowest BCUT2D eigenvalue weighted by Crippen LogP contribution is -2.49. The van der Waals surface area contributed by atoms with Gasteiger partial charge in [-0.05, 0) is 32.6 Å². The van der Waals surface area contributed by atoms with Crippen LogP contribution in [0.2, 0.25) is 0 Å². The van der Waals surface area contributed by atoms with Gasteiger partial charge in [0.05, 0.1) is 18.9 Å². The summed E-state index contributed by atoms with van der Waals surface area (Å²) in [4.78, 5) is 16.8. The summed E-state index contributed by atoms with van der Waals surface area (Å²) in [6.07, 6.45) is 7.06. The molecule has 1 fully saturated rings.